The van der Waals surface area contributed by atoms with E-state index in [2.05, 4.69) is 0 Å². The van der Waals surface area contributed by atoms with Crippen molar-refractivity contribution >= 4 is 16.9 Å². The van der Waals surface area contributed by atoms with Crippen LogP contribution in [0.4, 0.5) is 0 Å². The minimum atomic E-state index is -1.28. The van der Waals surface area contributed by atoms with E-state index in [1.807, 2.05) is 13.8 Å². The van der Waals surface area contributed by atoms with Crippen LogP contribution in [0.1, 0.15) is 24.2 Å². The molecule has 0 saturated carbocycles. The summed E-state index contributed by atoms with van der Waals surface area (Å²) in [6.07, 6.45) is 1.24. The number of hydrogen-bond donors (Lipinski definition) is 2. The molecular weight excluding hydrogens is 274 g/mol. The van der Waals surface area contributed by atoms with E-state index in [4.69, 9.17) is 14.9 Å². The quantitative estimate of drug-likeness (QED) is 0.871. The molecule has 21 heavy (non-hydrogen) atoms. The zero-order chi connectivity index (χ0) is 15.6. The highest BCUT2D eigenvalue weighted by atomic mass is 16.5. The highest BCUT2D eigenvalue weighted by molar-refractivity contribution is 5.92. The summed E-state index contributed by atoms with van der Waals surface area (Å²) in [6, 6.07) is 4.87. The summed E-state index contributed by atoms with van der Waals surface area (Å²) in [4.78, 5) is 23.3. The van der Waals surface area contributed by atoms with Crippen molar-refractivity contribution in [2.75, 3.05) is 6.61 Å². The van der Waals surface area contributed by atoms with Crippen molar-refractivity contribution in [2.45, 2.75) is 26.5 Å². The van der Waals surface area contributed by atoms with Crippen molar-refractivity contribution in [1.82, 2.24) is 4.57 Å². The Balaban J connectivity index is 2.71. The summed E-state index contributed by atoms with van der Waals surface area (Å²) in [6.45, 7) is 3.81. The minimum absolute atomic E-state index is 0.0150. The molecule has 2 N–H and O–H groups in total. The third kappa shape index (κ3) is 3.05. The van der Waals surface area contributed by atoms with Crippen LogP contribution in [-0.4, -0.2) is 33.5 Å². The smallest absolute Gasteiger partial charge is 0.341 e. The third-order valence-corrected chi connectivity index (χ3v) is 3.00. The van der Waals surface area contributed by atoms with Crippen LogP contribution in [-0.2, 0) is 6.54 Å². The van der Waals surface area contributed by atoms with Crippen LogP contribution < -0.4 is 10.2 Å². The summed E-state index contributed by atoms with van der Waals surface area (Å²) in [5.74, 6) is -0.692. The van der Waals surface area contributed by atoms with Gasteiger partial charge < -0.3 is 19.5 Å². The molecule has 0 aliphatic carbocycles. The van der Waals surface area contributed by atoms with E-state index in [1.54, 1.807) is 22.8 Å². The van der Waals surface area contributed by atoms with Crippen LogP contribution in [0.25, 0.3) is 10.9 Å². The SMILES string of the molecule is CC(C)Oc1ccc2c(=O)c(C(=O)O)cn(CCO)c2c1. The van der Waals surface area contributed by atoms with Gasteiger partial charge in [0.1, 0.15) is 11.3 Å². The highest BCUT2D eigenvalue weighted by Crippen LogP contribution is 2.20. The normalized spacial score (nSPS) is 11.0. The summed E-state index contributed by atoms with van der Waals surface area (Å²) in [5.41, 5.74) is -0.312. The van der Waals surface area contributed by atoms with E-state index in [9.17, 15) is 9.59 Å². The van der Waals surface area contributed by atoms with E-state index in [1.165, 1.54) is 6.20 Å². The lowest BCUT2D eigenvalue weighted by molar-refractivity contribution is 0.0694. The number of aromatic nitrogens is 1. The lowest BCUT2D eigenvalue weighted by Crippen LogP contribution is -2.19. The van der Waals surface area contributed by atoms with Crippen molar-refractivity contribution in [3.63, 3.8) is 0 Å². The Morgan fingerprint density at radius 2 is 2.10 bits per heavy atom. The van der Waals surface area contributed by atoms with E-state index in [-0.39, 0.29) is 24.8 Å². The number of aliphatic hydroxyl groups excluding tert-OH is 1. The van der Waals surface area contributed by atoms with E-state index in [0.717, 1.165) is 0 Å². The van der Waals surface area contributed by atoms with Crippen LogP contribution in [0.5, 0.6) is 5.75 Å². The van der Waals surface area contributed by atoms with Crippen molar-refractivity contribution in [1.29, 1.82) is 0 Å². The Morgan fingerprint density at radius 3 is 2.67 bits per heavy atom. The number of carboxylic acids is 1. The van der Waals surface area contributed by atoms with Crippen LogP contribution in [0.2, 0.25) is 0 Å². The number of carbonyl (C=O) groups is 1. The number of aliphatic hydroxyl groups is 1. The number of hydrogen-bond acceptors (Lipinski definition) is 4. The lowest BCUT2D eigenvalue weighted by Gasteiger charge is -2.14. The second-order valence-corrected chi connectivity index (χ2v) is 4.94. The molecule has 0 bridgehead atoms. The van der Waals surface area contributed by atoms with Gasteiger partial charge >= 0.3 is 5.97 Å². The molecule has 0 radical (unpaired) electrons. The predicted molar refractivity (Wildman–Crippen MR) is 78.0 cm³/mol. The largest absolute Gasteiger partial charge is 0.491 e. The fraction of sp³-hybridized carbons (Fsp3) is 0.333. The second kappa shape index (κ2) is 5.97. The maximum absolute atomic E-state index is 12.2. The molecule has 0 amide bonds. The summed E-state index contributed by atoms with van der Waals surface area (Å²) < 4.78 is 7.13. The lowest BCUT2D eigenvalue weighted by atomic mass is 10.1. The maximum Gasteiger partial charge on any atom is 0.341 e. The van der Waals surface area contributed by atoms with Crippen molar-refractivity contribution < 1.29 is 19.7 Å². The minimum Gasteiger partial charge on any atom is -0.491 e. The first-order valence-electron chi connectivity index (χ1n) is 6.62. The van der Waals surface area contributed by atoms with Gasteiger partial charge in [-0.15, -0.1) is 0 Å². The Labute approximate surface area is 121 Å². The van der Waals surface area contributed by atoms with E-state index < -0.39 is 11.4 Å². The standard InChI is InChI=1S/C15H17NO5/c1-9(2)21-10-3-4-11-13(7-10)16(5-6-17)8-12(14(11)18)15(19)20/h3-4,7-9,17H,5-6H2,1-2H3,(H,19,20). The van der Waals surface area contributed by atoms with Crippen LogP contribution in [0.15, 0.2) is 29.2 Å². The van der Waals surface area contributed by atoms with Gasteiger partial charge in [-0.05, 0) is 26.0 Å². The van der Waals surface area contributed by atoms with Crippen LogP contribution in [0, 0.1) is 0 Å². The Morgan fingerprint density at radius 1 is 1.38 bits per heavy atom. The monoisotopic (exact) mass is 291 g/mol. The summed E-state index contributed by atoms with van der Waals surface area (Å²) >= 11 is 0. The second-order valence-electron chi connectivity index (χ2n) is 4.94. The molecule has 0 atom stereocenters. The summed E-state index contributed by atoms with van der Waals surface area (Å²) in [5, 5.41) is 18.5. The molecule has 1 aromatic heterocycles. The molecule has 0 aliphatic rings. The summed E-state index contributed by atoms with van der Waals surface area (Å²) in [7, 11) is 0. The van der Waals surface area contributed by atoms with Gasteiger partial charge in [-0.1, -0.05) is 0 Å². The number of ether oxygens (including phenoxy) is 1. The van der Waals surface area contributed by atoms with Gasteiger partial charge in [0, 0.05) is 24.2 Å². The van der Waals surface area contributed by atoms with Crippen molar-refractivity contribution in [3.8, 4) is 5.75 Å². The average Bonchev–Trinajstić information content (AvgIpc) is 2.41. The molecule has 6 nitrogen and oxygen atoms in total. The number of pyridine rings is 1. The van der Waals surface area contributed by atoms with Gasteiger partial charge in [0.25, 0.3) is 0 Å². The third-order valence-electron chi connectivity index (χ3n) is 3.00. The predicted octanol–water partition coefficient (Wildman–Crippen LogP) is 1.48. The number of fused-ring (bicyclic) bond motifs is 1. The van der Waals surface area contributed by atoms with Crippen molar-refractivity contribution in [3.05, 3.63) is 40.2 Å². The molecule has 112 valence electrons. The molecule has 1 aromatic carbocycles. The molecule has 0 fully saturated rings. The maximum atomic E-state index is 12.2. The molecule has 0 spiro atoms. The zero-order valence-electron chi connectivity index (χ0n) is 11.9. The topological polar surface area (TPSA) is 88.8 Å². The Hall–Kier alpha value is -2.34. The first-order valence-corrected chi connectivity index (χ1v) is 6.62. The number of aromatic carboxylic acids is 1. The highest BCUT2D eigenvalue weighted by Gasteiger charge is 2.15. The molecule has 0 aliphatic heterocycles. The molecule has 0 saturated heterocycles. The van der Waals surface area contributed by atoms with Gasteiger partial charge in [-0.2, -0.15) is 0 Å². The van der Waals surface area contributed by atoms with E-state index in [0.29, 0.717) is 16.7 Å². The molecule has 6 heteroatoms. The van der Waals surface area contributed by atoms with Gasteiger partial charge in [0.2, 0.25) is 5.43 Å². The van der Waals surface area contributed by atoms with Crippen molar-refractivity contribution in [2.24, 2.45) is 0 Å². The van der Waals surface area contributed by atoms with Gasteiger partial charge in [0.05, 0.1) is 18.2 Å². The number of nitrogens with zero attached hydrogens (tertiary/aromatic N) is 1. The van der Waals surface area contributed by atoms with Gasteiger partial charge in [-0.3, -0.25) is 4.79 Å². The van der Waals surface area contributed by atoms with Gasteiger partial charge in [-0.25, -0.2) is 4.79 Å². The fourth-order valence-corrected chi connectivity index (χ4v) is 2.16. The van der Waals surface area contributed by atoms with Crippen LogP contribution >= 0.6 is 0 Å². The number of carboxylic acid groups (broad SMARTS) is 1. The Bertz CT molecular complexity index is 733. The molecular formula is C15H17NO5. The number of benzene rings is 1. The molecule has 2 aromatic rings. The van der Waals surface area contributed by atoms with Gasteiger partial charge in [0.15, 0.2) is 0 Å². The van der Waals surface area contributed by atoms with E-state index >= 15 is 0 Å². The first kappa shape index (κ1) is 15.1. The Kier molecular flexibility index (Phi) is 4.28. The zero-order valence-corrected chi connectivity index (χ0v) is 11.9. The molecule has 1 heterocycles. The molecule has 0 unspecified atom stereocenters. The van der Waals surface area contributed by atoms with Crippen LogP contribution in [0.3, 0.4) is 0 Å². The fourth-order valence-electron chi connectivity index (χ4n) is 2.16. The first-order chi connectivity index (χ1) is 9.93. The average molecular weight is 291 g/mol. The number of rotatable bonds is 5. The molecule has 2 rings (SSSR count).